The van der Waals surface area contributed by atoms with Crippen molar-refractivity contribution in [3.05, 3.63) is 80.2 Å². The maximum atomic E-state index is 6.25. The van der Waals surface area contributed by atoms with Crippen LogP contribution in [0.4, 0.5) is 58.7 Å². The Morgan fingerprint density at radius 2 is 0.833 bits per heavy atom. The summed E-state index contributed by atoms with van der Waals surface area (Å²) in [6.07, 6.45) is 6.92. The maximum Gasteiger partial charge on any atom is 0.233 e. The zero-order valence-electron chi connectivity index (χ0n) is 50.0. The molecule has 0 amide bonds. The lowest BCUT2D eigenvalue weighted by molar-refractivity contribution is 0.240. The number of benzene rings is 3. The summed E-state index contributed by atoms with van der Waals surface area (Å²) in [5.41, 5.74) is 2.24. The van der Waals surface area contributed by atoms with Gasteiger partial charge in [0.25, 0.3) is 0 Å². The highest BCUT2D eigenvalue weighted by Gasteiger charge is 2.25. The molecule has 0 saturated carbocycles. The number of ether oxygens (including phenoxy) is 3. The molecule has 3 aliphatic rings. The first kappa shape index (κ1) is 67.1. The molecule has 0 bridgehead atoms. The largest absolute Gasteiger partial charge is 0.495 e. The summed E-state index contributed by atoms with van der Waals surface area (Å²) in [6, 6.07) is 18.1. The predicted octanol–water partition coefficient (Wildman–Crippen LogP) is 10.8. The molecule has 84 heavy (non-hydrogen) atoms. The number of methoxy groups -OCH3 is 3. The average molecular weight is 1260 g/mol. The molecule has 3 aromatic carbocycles. The molecule has 6 heterocycles. The second-order valence-corrected chi connectivity index (χ2v) is 22.8. The van der Waals surface area contributed by atoms with Crippen LogP contribution in [0.3, 0.4) is 0 Å². The van der Waals surface area contributed by atoms with E-state index in [4.69, 9.17) is 72.2 Å². The standard InChI is InChI=1S/C20H30ClN7O.C19H28ClN7O.C10H7Cl3N4O.C7H16N2/c1-13(2)22-18-24-19(23-14-6-7-17(29-5)16(21)12-14)26-20(25-18)28(4)15-8-10-27(3)11-9-15;1-12(2)22-17-24-18(23-13-5-6-16(28-4)15(20)11-13)26-19(25-17)27(3)14-7-9-21-10-8-14;1-18-7-3-2-5(4-6(7)11)14-10-16-8(12)15-9(13)17-10;1-8-7-3-5-9(2)6-4-7/h6-7,12-13,15H,8-11H2,1-5H3,(H2,22,23,24,25,26);5-6,11-12,14,21H,7-10H2,1-4H3,(H2,22,23,24,25,26);2-4H,1H3,(H,14,15,16,17);7-8H,3-6H2,1-2H3. The van der Waals surface area contributed by atoms with E-state index in [0.717, 1.165) is 69.3 Å². The first-order valence-corrected chi connectivity index (χ1v) is 29.8. The molecule has 0 radical (unpaired) electrons. The SMILES string of the molecule is CNC1CCN(C)CC1.COc1ccc(Nc2nc(Cl)nc(Cl)n2)cc1Cl.COc1ccc(Nc2nc(NC(C)C)nc(N(C)C3CCN(C)CC3)n2)cc1Cl.COc1ccc(Nc2nc(NC(C)C)nc(N(C)C3CCNCC3)n2)cc1Cl. The minimum absolute atomic E-state index is 0.0112. The summed E-state index contributed by atoms with van der Waals surface area (Å²) in [5, 5.41) is 24.1. The van der Waals surface area contributed by atoms with E-state index in [9.17, 15) is 0 Å². The van der Waals surface area contributed by atoms with Gasteiger partial charge in [0, 0.05) is 61.4 Å². The fourth-order valence-electron chi connectivity index (χ4n) is 9.00. The Bertz CT molecular complexity index is 2970. The van der Waals surface area contributed by atoms with Crippen molar-refractivity contribution in [2.24, 2.45) is 0 Å². The van der Waals surface area contributed by atoms with Gasteiger partial charge in [-0.3, -0.25) is 0 Å². The van der Waals surface area contributed by atoms with E-state index < -0.39 is 0 Å². The van der Waals surface area contributed by atoms with Gasteiger partial charge in [-0.05, 0) is 204 Å². The van der Waals surface area contributed by atoms with Gasteiger partial charge >= 0.3 is 0 Å². The molecule has 0 spiro atoms. The highest BCUT2D eigenvalue weighted by molar-refractivity contribution is 6.33. The Labute approximate surface area is 519 Å². The second kappa shape index (κ2) is 33.6. The van der Waals surface area contributed by atoms with Crippen molar-refractivity contribution >= 4 is 117 Å². The van der Waals surface area contributed by atoms with Crippen LogP contribution in [-0.4, -0.2) is 181 Å². The lowest BCUT2D eigenvalue weighted by Crippen LogP contribution is -2.42. The molecule has 6 aromatic rings. The molecule has 0 aliphatic carbocycles. The zero-order chi connectivity index (χ0) is 60.9. The van der Waals surface area contributed by atoms with Gasteiger partial charge in [0.05, 0.1) is 36.4 Å². The van der Waals surface area contributed by atoms with Gasteiger partial charge in [-0.1, -0.05) is 34.8 Å². The molecule has 0 unspecified atom stereocenters. The van der Waals surface area contributed by atoms with Crippen LogP contribution in [0.15, 0.2) is 54.6 Å². The molecule has 3 aromatic heterocycles. The Morgan fingerprint density at radius 1 is 0.488 bits per heavy atom. The van der Waals surface area contributed by atoms with E-state index in [-0.39, 0.29) is 28.6 Å². The molecule has 28 heteroatoms. The topological polar surface area (TPSA) is 241 Å². The van der Waals surface area contributed by atoms with Crippen LogP contribution in [0.1, 0.15) is 66.2 Å². The summed E-state index contributed by atoms with van der Waals surface area (Å²) in [7, 11) is 15.2. The fourth-order valence-corrected chi connectivity index (χ4v) is 10.1. The number of hydrogen-bond acceptors (Lipinski definition) is 23. The first-order valence-electron chi connectivity index (χ1n) is 27.9. The second-order valence-electron chi connectivity index (χ2n) is 20.9. The molecule has 0 atom stereocenters. The molecule has 3 saturated heterocycles. The summed E-state index contributed by atoms with van der Waals surface area (Å²) in [5.74, 6) is 5.39. The molecule has 7 N–H and O–H groups in total. The average Bonchev–Trinajstić information content (AvgIpc) is 3.65. The van der Waals surface area contributed by atoms with Crippen molar-refractivity contribution in [1.82, 2.24) is 65.3 Å². The lowest BCUT2D eigenvalue weighted by Gasteiger charge is -2.35. The number of hydrogen-bond donors (Lipinski definition) is 7. The van der Waals surface area contributed by atoms with E-state index >= 15 is 0 Å². The lowest BCUT2D eigenvalue weighted by atomic mass is 10.0. The van der Waals surface area contributed by atoms with Gasteiger partial charge in [0.1, 0.15) is 17.2 Å². The molecule has 3 aliphatic heterocycles. The molecular weight excluding hydrogens is 1180 g/mol. The third kappa shape index (κ3) is 21.5. The number of rotatable bonds is 18. The number of anilines is 10. The van der Waals surface area contributed by atoms with Gasteiger partial charge in [-0.25, -0.2) is 0 Å². The molecule has 458 valence electrons. The van der Waals surface area contributed by atoms with Crippen LogP contribution in [0.2, 0.25) is 25.6 Å². The number of nitrogens with zero attached hydrogens (tertiary/aromatic N) is 13. The summed E-state index contributed by atoms with van der Waals surface area (Å²) < 4.78 is 15.5. The van der Waals surface area contributed by atoms with E-state index in [2.05, 4.69) is 158 Å². The van der Waals surface area contributed by atoms with Gasteiger partial charge in [-0.2, -0.15) is 44.9 Å². The van der Waals surface area contributed by atoms with Crippen molar-refractivity contribution in [2.75, 3.05) is 132 Å². The molecule has 3 fully saturated rings. The molecule has 23 nitrogen and oxygen atoms in total. The van der Waals surface area contributed by atoms with Gasteiger partial charge in [-0.15, -0.1) is 0 Å². The van der Waals surface area contributed by atoms with Crippen molar-refractivity contribution in [2.45, 2.75) is 96.4 Å². The van der Waals surface area contributed by atoms with Crippen molar-refractivity contribution < 1.29 is 14.2 Å². The van der Waals surface area contributed by atoms with Crippen molar-refractivity contribution in [1.29, 1.82) is 0 Å². The van der Waals surface area contributed by atoms with E-state index in [0.29, 0.717) is 85.8 Å². The number of aromatic nitrogens is 9. The Morgan fingerprint density at radius 3 is 1.18 bits per heavy atom. The van der Waals surface area contributed by atoms with Crippen molar-refractivity contribution in [3.63, 3.8) is 0 Å². The van der Waals surface area contributed by atoms with Crippen LogP contribution in [-0.2, 0) is 0 Å². The highest BCUT2D eigenvalue weighted by atomic mass is 35.5. The first-order chi connectivity index (χ1) is 40.2. The summed E-state index contributed by atoms with van der Waals surface area (Å²) in [6.45, 7) is 14.9. The number of halogens is 5. The third-order valence-electron chi connectivity index (χ3n) is 13.7. The summed E-state index contributed by atoms with van der Waals surface area (Å²) in [4.78, 5) is 48.0. The van der Waals surface area contributed by atoms with E-state index in [1.54, 1.807) is 57.7 Å². The van der Waals surface area contributed by atoms with E-state index in [1.165, 1.54) is 25.9 Å². The van der Waals surface area contributed by atoms with Crippen LogP contribution in [0, 0.1) is 0 Å². The minimum atomic E-state index is 0.0112. The predicted molar refractivity (Wildman–Crippen MR) is 344 cm³/mol. The zero-order valence-corrected chi connectivity index (χ0v) is 53.8. The Kier molecular flexibility index (Phi) is 26.9. The van der Waals surface area contributed by atoms with Crippen molar-refractivity contribution in [3.8, 4) is 17.2 Å². The van der Waals surface area contributed by atoms with Gasteiger partial charge < -0.3 is 71.0 Å². The molecular formula is C56H81Cl5N20O3. The maximum absolute atomic E-state index is 6.25. The van der Waals surface area contributed by atoms with E-state index in [1.807, 2.05) is 25.2 Å². The Balaban J connectivity index is 0.000000192. The van der Waals surface area contributed by atoms with Crippen LogP contribution in [0.25, 0.3) is 0 Å². The van der Waals surface area contributed by atoms with Gasteiger partial charge in [0.15, 0.2) is 0 Å². The third-order valence-corrected chi connectivity index (χ3v) is 15.0. The number of piperidine rings is 3. The van der Waals surface area contributed by atoms with Crippen LogP contribution >= 0.6 is 58.0 Å². The number of nitrogens with one attached hydrogen (secondary N) is 7. The fraction of sp³-hybridized carbons (Fsp3) is 0.518. The van der Waals surface area contributed by atoms with Gasteiger partial charge in [0.2, 0.25) is 52.2 Å². The highest BCUT2D eigenvalue weighted by Crippen LogP contribution is 2.32. The Hall–Kier alpha value is -6.02. The quantitative estimate of drug-likeness (QED) is 0.0423. The van der Waals surface area contributed by atoms with Crippen LogP contribution < -0.4 is 61.2 Å². The monoisotopic (exact) mass is 1260 g/mol. The van der Waals surface area contributed by atoms with Crippen LogP contribution in [0.5, 0.6) is 17.2 Å². The molecule has 9 rings (SSSR count). The summed E-state index contributed by atoms with van der Waals surface area (Å²) >= 11 is 29.8. The normalized spacial score (nSPS) is 15.1. The smallest absolute Gasteiger partial charge is 0.233 e. The number of likely N-dealkylation sites (tertiary alicyclic amines) is 2. The minimum Gasteiger partial charge on any atom is -0.495 e.